The topological polar surface area (TPSA) is 84.7 Å². The molecule has 5 rings (SSSR count). The largest absolute Gasteiger partial charge is 0.452 e. The lowest BCUT2D eigenvalue weighted by atomic mass is 9.83. The van der Waals surface area contributed by atoms with Gasteiger partial charge in [-0.25, -0.2) is 18.6 Å². The molecule has 1 N–H and O–H groups in total. The van der Waals surface area contributed by atoms with Gasteiger partial charge in [0.1, 0.15) is 17.7 Å². The standard InChI is InChI=1S/C28H31F2N3O4/c1-15-7-9-20-23(32(15)28(36)37-3)11-12-24-25(20)31-27(26(35)18-8-10-21(29)22(30)14-18)33(24)19-6-4-5-17(13-19)16(2)34/h8,10-12,14-15,17,19,26,35H,4-7,9,13H2,1-3H3/t15-,17+,19+,26+/m0/s1. The van der Waals surface area contributed by atoms with Gasteiger partial charge in [0.2, 0.25) is 0 Å². The van der Waals surface area contributed by atoms with Crippen molar-refractivity contribution in [3.63, 3.8) is 0 Å². The lowest BCUT2D eigenvalue weighted by molar-refractivity contribution is -0.122. The fourth-order valence-corrected chi connectivity index (χ4v) is 5.97. The first-order chi connectivity index (χ1) is 17.7. The average molecular weight is 512 g/mol. The molecule has 2 aliphatic rings. The number of hydrogen-bond donors (Lipinski definition) is 1. The Morgan fingerprint density at radius 2 is 1.92 bits per heavy atom. The molecule has 4 atom stereocenters. The number of benzene rings is 2. The van der Waals surface area contributed by atoms with Crippen LogP contribution in [0, 0.1) is 17.6 Å². The number of carbonyl (C=O) groups excluding carboxylic acids is 2. The van der Waals surface area contributed by atoms with Crippen LogP contribution in [-0.2, 0) is 16.0 Å². The summed E-state index contributed by atoms with van der Waals surface area (Å²) in [5, 5.41) is 11.4. The minimum absolute atomic E-state index is 0.0543. The number of aryl methyl sites for hydroxylation is 1. The molecule has 1 aliphatic heterocycles. The summed E-state index contributed by atoms with van der Waals surface area (Å²) in [6.45, 7) is 3.57. The van der Waals surface area contributed by atoms with Crippen molar-refractivity contribution >= 4 is 28.6 Å². The van der Waals surface area contributed by atoms with Crippen LogP contribution in [0.2, 0.25) is 0 Å². The molecule has 1 saturated carbocycles. The first-order valence-corrected chi connectivity index (χ1v) is 12.8. The molecular weight excluding hydrogens is 480 g/mol. The van der Waals surface area contributed by atoms with Gasteiger partial charge in [0.05, 0.1) is 23.8 Å². The van der Waals surface area contributed by atoms with Crippen molar-refractivity contribution in [1.29, 1.82) is 0 Å². The number of hydrogen-bond acceptors (Lipinski definition) is 5. The normalized spacial score (nSPS) is 22.5. The highest BCUT2D eigenvalue weighted by atomic mass is 19.2. The first kappa shape index (κ1) is 25.3. The highest BCUT2D eigenvalue weighted by Gasteiger charge is 2.35. The molecule has 2 heterocycles. The van der Waals surface area contributed by atoms with Crippen molar-refractivity contribution in [2.24, 2.45) is 5.92 Å². The molecule has 1 aliphatic carbocycles. The summed E-state index contributed by atoms with van der Waals surface area (Å²) in [6, 6.07) is 6.93. The molecule has 9 heteroatoms. The van der Waals surface area contributed by atoms with E-state index in [1.807, 2.05) is 23.6 Å². The fourth-order valence-electron chi connectivity index (χ4n) is 5.97. The quantitative estimate of drug-likeness (QED) is 0.491. The second-order valence-electron chi connectivity index (χ2n) is 10.2. The molecule has 7 nitrogen and oxygen atoms in total. The molecule has 37 heavy (non-hydrogen) atoms. The summed E-state index contributed by atoms with van der Waals surface area (Å²) in [4.78, 5) is 31.3. The number of nitrogens with zero attached hydrogens (tertiary/aromatic N) is 3. The summed E-state index contributed by atoms with van der Waals surface area (Å²) in [6.07, 6.45) is 2.72. The number of aliphatic hydroxyl groups excluding tert-OH is 1. The summed E-state index contributed by atoms with van der Waals surface area (Å²) >= 11 is 0. The van der Waals surface area contributed by atoms with Crippen molar-refractivity contribution < 1.29 is 28.2 Å². The summed E-state index contributed by atoms with van der Waals surface area (Å²) in [5.41, 5.74) is 3.20. The van der Waals surface area contributed by atoms with Gasteiger partial charge in [-0.3, -0.25) is 9.69 Å². The van der Waals surface area contributed by atoms with Gasteiger partial charge < -0.3 is 14.4 Å². The van der Waals surface area contributed by atoms with Gasteiger partial charge in [-0.05, 0) is 75.8 Å². The lowest BCUT2D eigenvalue weighted by Gasteiger charge is -2.34. The van der Waals surface area contributed by atoms with Crippen LogP contribution in [0.4, 0.5) is 19.3 Å². The van der Waals surface area contributed by atoms with E-state index in [2.05, 4.69) is 0 Å². The van der Waals surface area contributed by atoms with Crippen LogP contribution >= 0.6 is 0 Å². The van der Waals surface area contributed by atoms with Gasteiger partial charge in [-0.2, -0.15) is 0 Å². The number of anilines is 1. The number of amides is 1. The Morgan fingerprint density at radius 1 is 1.14 bits per heavy atom. The third-order valence-electron chi connectivity index (χ3n) is 7.94. The van der Waals surface area contributed by atoms with Gasteiger partial charge in [0, 0.05) is 23.6 Å². The van der Waals surface area contributed by atoms with Crippen molar-refractivity contribution in [2.45, 2.75) is 70.6 Å². The Labute approximate surface area is 214 Å². The molecule has 1 amide bonds. The molecule has 0 radical (unpaired) electrons. The van der Waals surface area contributed by atoms with E-state index in [1.165, 1.54) is 13.2 Å². The van der Waals surface area contributed by atoms with Crippen LogP contribution in [0.25, 0.3) is 11.0 Å². The highest BCUT2D eigenvalue weighted by Crippen LogP contribution is 2.42. The van der Waals surface area contributed by atoms with Gasteiger partial charge >= 0.3 is 6.09 Å². The van der Waals surface area contributed by atoms with Crippen molar-refractivity contribution in [1.82, 2.24) is 9.55 Å². The summed E-state index contributed by atoms with van der Waals surface area (Å²) < 4.78 is 34.7. The maximum atomic E-state index is 14.1. The molecule has 0 saturated heterocycles. The second kappa shape index (κ2) is 9.85. The number of carbonyl (C=O) groups is 2. The third-order valence-corrected chi connectivity index (χ3v) is 7.94. The Balaban J connectivity index is 1.70. The lowest BCUT2D eigenvalue weighted by Crippen LogP contribution is -2.42. The van der Waals surface area contributed by atoms with E-state index in [9.17, 15) is 23.5 Å². The van der Waals surface area contributed by atoms with Crippen LogP contribution < -0.4 is 4.90 Å². The Bertz CT molecular complexity index is 1370. The van der Waals surface area contributed by atoms with Crippen LogP contribution in [-0.4, -0.2) is 39.7 Å². The van der Waals surface area contributed by atoms with E-state index < -0.39 is 23.8 Å². The molecule has 0 spiro atoms. The zero-order valence-electron chi connectivity index (χ0n) is 21.2. The minimum Gasteiger partial charge on any atom is -0.452 e. The number of Topliss-reactive ketones (excluding diaryl/α,β-unsaturated/α-hetero) is 1. The smallest absolute Gasteiger partial charge is 0.414 e. The number of aromatic nitrogens is 2. The number of aliphatic hydroxyl groups is 1. The number of rotatable bonds is 4. The number of methoxy groups -OCH3 is 1. The predicted molar refractivity (Wildman–Crippen MR) is 134 cm³/mol. The van der Waals surface area contributed by atoms with Crippen LogP contribution in [0.3, 0.4) is 0 Å². The van der Waals surface area contributed by atoms with Crippen molar-refractivity contribution in [3.05, 3.63) is 58.9 Å². The van der Waals surface area contributed by atoms with Crippen LogP contribution in [0.1, 0.15) is 75.0 Å². The minimum atomic E-state index is -1.31. The van der Waals surface area contributed by atoms with Gasteiger partial charge in [-0.1, -0.05) is 12.5 Å². The molecular formula is C28H31F2N3O4. The van der Waals surface area contributed by atoms with Gasteiger partial charge in [0.15, 0.2) is 11.6 Å². The summed E-state index contributed by atoms with van der Waals surface area (Å²) in [5.74, 6) is -1.68. The van der Waals surface area contributed by atoms with Crippen molar-refractivity contribution in [2.75, 3.05) is 12.0 Å². The van der Waals surface area contributed by atoms with E-state index in [0.717, 1.165) is 42.5 Å². The number of halogens is 2. The van der Waals surface area contributed by atoms with Crippen molar-refractivity contribution in [3.8, 4) is 0 Å². The maximum Gasteiger partial charge on any atom is 0.414 e. The monoisotopic (exact) mass is 511 g/mol. The molecule has 3 aromatic rings. The number of ketones is 1. The van der Waals surface area contributed by atoms with E-state index >= 15 is 0 Å². The third kappa shape index (κ3) is 4.39. The SMILES string of the molecule is COC(=O)N1c2ccc3c(nc([C@H](O)c4ccc(F)c(F)c4)n3[C@@H]3CCC[C@@H](C(C)=O)C3)c2CC[C@@H]1C. The van der Waals surface area contributed by atoms with Crippen LogP contribution in [0.5, 0.6) is 0 Å². The van der Waals surface area contributed by atoms with E-state index in [0.29, 0.717) is 36.3 Å². The van der Waals surface area contributed by atoms with E-state index in [-0.39, 0.29) is 29.3 Å². The van der Waals surface area contributed by atoms with Gasteiger partial charge in [0.25, 0.3) is 0 Å². The average Bonchev–Trinajstić information content (AvgIpc) is 3.29. The molecule has 0 bridgehead atoms. The predicted octanol–water partition coefficient (Wildman–Crippen LogP) is 5.62. The fraction of sp³-hybridized carbons (Fsp3) is 0.464. The number of fused-ring (bicyclic) bond motifs is 3. The van der Waals surface area contributed by atoms with E-state index in [1.54, 1.807) is 11.8 Å². The highest BCUT2D eigenvalue weighted by molar-refractivity contribution is 5.95. The Hall–Kier alpha value is -3.33. The zero-order chi connectivity index (χ0) is 26.4. The second-order valence-corrected chi connectivity index (χ2v) is 10.2. The molecule has 1 fully saturated rings. The Kier molecular flexibility index (Phi) is 6.74. The number of imidazole rings is 1. The molecule has 196 valence electrons. The van der Waals surface area contributed by atoms with Gasteiger partial charge in [-0.15, -0.1) is 0 Å². The number of ether oxygens (including phenoxy) is 1. The molecule has 0 unspecified atom stereocenters. The summed E-state index contributed by atoms with van der Waals surface area (Å²) in [7, 11) is 1.35. The zero-order valence-corrected chi connectivity index (χ0v) is 21.2. The molecule has 2 aromatic carbocycles. The molecule has 1 aromatic heterocycles. The Morgan fingerprint density at radius 3 is 2.62 bits per heavy atom. The maximum absolute atomic E-state index is 14.1. The van der Waals surface area contributed by atoms with E-state index in [4.69, 9.17) is 9.72 Å². The van der Waals surface area contributed by atoms with Crippen LogP contribution in [0.15, 0.2) is 30.3 Å². The first-order valence-electron chi connectivity index (χ1n) is 12.8.